The van der Waals surface area contributed by atoms with Crippen LogP contribution >= 0.6 is 0 Å². The van der Waals surface area contributed by atoms with Crippen LogP contribution in [0.1, 0.15) is 37.8 Å². The average Bonchev–Trinajstić information content (AvgIpc) is 3.23. The van der Waals surface area contributed by atoms with E-state index < -0.39 is 0 Å². The molecule has 2 saturated heterocycles. The molecule has 5 rings (SSSR count). The molecule has 0 saturated carbocycles. The molecule has 5 heterocycles. The summed E-state index contributed by atoms with van der Waals surface area (Å²) in [5.74, 6) is 0.958. The zero-order chi connectivity index (χ0) is 18.9. The van der Waals surface area contributed by atoms with Gasteiger partial charge in [0.05, 0.1) is 11.8 Å². The Bertz CT molecular complexity index is 1040. The molecule has 28 heavy (non-hydrogen) atoms. The number of rotatable bonds is 3. The van der Waals surface area contributed by atoms with Gasteiger partial charge < -0.3 is 10.3 Å². The van der Waals surface area contributed by atoms with E-state index in [4.69, 9.17) is 0 Å². The third kappa shape index (κ3) is 3.38. The summed E-state index contributed by atoms with van der Waals surface area (Å²) in [6.07, 6.45) is 16.4. The molecule has 8 nitrogen and oxygen atoms in total. The molecule has 0 spiro atoms. The molecule has 3 aromatic heterocycles. The van der Waals surface area contributed by atoms with Crippen molar-refractivity contribution in [3.63, 3.8) is 0 Å². The normalized spacial score (nSPS) is 23.1. The molecule has 2 aliphatic rings. The summed E-state index contributed by atoms with van der Waals surface area (Å²) in [7, 11) is 0. The molecule has 0 amide bonds. The van der Waals surface area contributed by atoms with Crippen molar-refractivity contribution in [2.45, 2.75) is 44.2 Å². The predicted octanol–water partition coefficient (Wildman–Crippen LogP) is 2.10. The fraction of sp³-hybridized carbons (Fsp3) is 0.350. The maximum atomic E-state index is 12.5. The van der Waals surface area contributed by atoms with Crippen molar-refractivity contribution in [1.29, 1.82) is 0 Å². The first-order chi connectivity index (χ1) is 13.7. The van der Waals surface area contributed by atoms with E-state index >= 15 is 0 Å². The zero-order valence-corrected chi connectivity index (χ0v) is 15.4. The van der Waals surface area contributed by atoms with Crippen LogP contribution in [0.4, 0.5) is 0 Å². The van der Waals surface area contributed by atoms with Crippen LogP contribution in [0, 0.1) is 0 Å². The molecule has 2 bridgehead atoms. The molecule has 2 aliphatic heterocycles. The number of imidazole rings is 1. The van der Waals surface area contributed by atoms with Crippen molar-refractivity contribution >= 4 is 6.08 Å². The number of hydrogen-bond acceptors (Lipinski definition) is 6. The van der Waals surface area contributed by atoms with E-state index in [0.717, 1.165) is 18.5 Å². The standard InChI is InChI=1S/C20H21N7O/c28-18-9-19(27-5-4-21-12-27)22-11-17(18)20-23-10-16(25-26-20)8-13-6-14-2-1-3-15(7-13)24-14/h4-5,8-12,14-15,24H,1-3,6-7H2,(H,22,28)/t14-,15+. The van der Waals surface area contributed by atoms with Crippen LogP contribution < -0.4 is 10.7 Å². The van der Waals surface area contributed by atoms with Gasteiger partial charge in [-0.25, -0.2) is 9.97 Å². The van der Waals surface area contributed by atoms with Crippen molar-refractivity contribution in [2.75, 3.05) is 0 Å². The van der Waals surface area contributed by atoms with Gasteiger partial charge in [-0.1, -0.05) is 12.0 Å². The molecule has 0 radical (unpaired) electrons. The van der Waals surface area contributed by atoms with Gasteiger partial charge in [-0.15, -0.1) is 10.2 Å². The SMILES string of the molecule is O=c1cc(-n2ccnc2)[nH]cc1-c1ncc(C=C2C[C@H]3CCC[C@@H](C2)N3)nn1. The van der Waals surface area contributed by atoms with Crippen molar-refractivity contribution in [2.24, 2.45) is 0 Å². The lowest BCUT2D eigenvalue weighted by Gasteiger charge is -2.37. The van der Waals surface area contributed by atoms with Crippen LogP contribution in [0.15, 0.2) is 47.5 Å². The minimum atomic E-state index is -0.165. The van der Waals surface area contributed by atoms with Crippen molar-refractivity contribution in [1.82, 2.24) is 35.0 Å². The maximum absolute atomic E-state index is 12.5. The molecule has 3 aromatic rings. The lowest BCUT2D eigenvalue weighted by atomic mass is 9.83. The van der Waals surface area contributed by atoms with Crippen LogP contribution in [-0.4, -0.2) is 41.8 Å². The van der Waals surface area contributed by atoms with Gasteiger partial charge in [0.15, 0.2) is 11.3 Å². The van der Waals surface area contributed by atoms with E-state index in [0.29, 0.717) is 29.3 Å². The topological polar surface area (TPSA) is 101 Å². The fourth-order valence-electron chi connectivity index (χ4n) is 4.14. The highest BCUT2D eigenvalue weighted by molar-refractivity contribution is 5.55. The van der Waals surface area contributed by atoms with Crippen LogP contribution in [0.25, 0.3) is 23.3 Å². The summed E-state index contributed by atoms with van der Waals surface area (Å²) in [6, 6.07) is 2.68. The highest BCUT2D eigenvalue weighted by Crippen LogP contribution is 2.30. The van der Waals surface area contributed by atoms with Gasteiger partial charge in [0.2, 0.25) is 0 Å². The molecule has 8 heteroatoms. The van der Waals surface area contributed by atoms with Crippen LogP contribution in [-0.2, 0) is 0 Å². The highest BCUT2D eigenvalue weighted by Gasteiger charge is 2.27. The number of nitrogens with zero attached hydrogens (tertiary/aromatic N) is 5. The maximum Gasteiger partial charge on any atom is 0.194 e. The number of aromatic amines is 1. The second-order valence-corrected chi connectivity index (χ2v) is 7.48. The smallest absolute Gasteiger partial charge is 0.194 e. The molecule has 2 atom stereocenters. The lowest BCUT2D eigenvalue weighted by molar-refractivity contribution is 0.283. The van der Waals surface area contributed by atoms with Gasteiger partial charge in [-0.05, 0) is 31.8 Å². The Morgan fingerprint density at radius 1 is 1.18 bits per heavy atom. The summed E-state index contributed by atoms with van der Waals surface area (Å²) in [4.78, 5) is 23.9. The summed E-state index contributed by atoms with van der Waals surface area (Å²) in [6.45, 7) is 0. The third-order valence-electron chi connectivity index (χ3n) is 5.45. The van der Waals surface area contributed by atoms with Gasteiger partial charge >= 0.3 is 0 Å². The molecule has 2 fully saturated rings. The van der Waals surface area contributed by atoms with Crippen molar-refractivity contribution in [3.05, 3.63) is 58.7 Å². The minimum absolute atomic E-state index is 0.165. The quantitative estimate of drug-likeness (QED) is 0.727. The Morgan fingerprint density at radius 3 is 2.71 bits per heavy atom. The first kappa shape index (κ1) is 17.0. The Balaban J connectivity index is 1.37. The number of piperidine rings is 2. The summed E-state index contributed by atoms with van der Waals surface area (Å²) < 4.78 is 1.73. The van der Waals surface area contributed by atoms with Crippen molar-refractivity contribution in [3.8, 4) is 17.2 Å². The van der Waals surface area contributed by atoms with Gasteiger partial charge in [0.1, 0.15) is 17.8 Å². The monoisotopic (exact) mass is 375 g/mol. The first-order valence-corrected chi connectivity index (χ1v) is 9.61. The average molecular weight is 375 g/mol. The second kappa shape index (κ2) is 7.12. The summed E-state index contributed by atoms with van der Waals surface area (Å²) in [5.41, 5.74) is 2.37. The number of nitrogens with one attached hydrogen (secondary N) is 2. The van der Waals surface area contributed by atoms with Gasteiger partial charge in [-0.2, -0.15) is 0 Å². The molecule has 0 aliphatic carbocycles. The highest BCUT2D eigenvalue weighted by atomic mass is 16.1. The Labute approximate surface area is 161 Å². The number of pyridine rings is 1. The molecular formula is C20H21N7O. The molecular weight excluding hydrogens is 354 g/mol. The van der Waals surface area contributed by atoms with Crippen LogP contribution in [0.3, 0.4) is 0 Å². The number of H-pyrrole nitrogens is 1. The summed E-state index contributed by atoms with van der Waals surface area (Å²) >= 11 is 0. The summed E-state index contributed by atoms with van der Waals surface area (Å²) in [5, 5.41) is 12.1. The lowest BCUT2D eigenvalue weighted by Crippen LogP contribution is -2.46. The second-order valence-electron chi connectivity index (χ2n) is 7.48. The van der Waals surface area contributed by atoms with Crippen LogP contribution in [0.5, 0.6) is 0 Å². The van der Waals surface area contributed by atoms with E-state index in [9.17, 15) is 4.79 Å². The predicted molar refractivity (Wildman–Crippen MR) is 105 cm³/mol. The molecule has 0 aromatic carbocycles. The number of hydrogen-bond donors (Lipinski definition) is 2. The van der Waals surface area contributed by atoms with E-state index in [-0.39, 0.29) is 5.43 Å². The van der Waals surface area contributed by atoms with E-state index in [1.165, 1.54) is 30.9 Å². The fourth-order valence-corrected chi connectivity index (χ4v) is 4.14. The third-order valence-corrected chi connectivity index (χ3v) is 5.45. The molecule has 142 valence electrons. The van der Waals surface area contributed by atoms with Crippen molar-refractivity contribution < 1.29 is 0 Å². The Kier molecular flexibility index (Phi) is 4.32. The molecule has 2 N–H and O–H groups in total. The van der Waals surface area contributed by atoms with E-state index in [1.54, 1.807) is 35.7 Å². The largest absolute Gasteiger partial charge is 0.347 e. The number of aromatic nitrogens is 6. The van der Waals surface area contributed by atoms with E-state index in [1.807, 2.05) is 0 Å². The minimum Gasteiger partial charge on any atom is -0.347 e. The Hall–Kier alpha value is -3.13. The van der Waals surface area contributed by atoms with Crippen LogP contribution in [0.2, 0.25) is 0 Å². The van der Waals surface area contributed by atoms with E-state index in [2.05, 4.69) is 36.5 Å². The van der Waals surface area contributed by atoms with Gasteiger partial charge in [0, 0.05) is 36.7 Å². The first-order valence-electron chi connectivity index (χ1n) is 9.61. The molecule has 0 unspecified atom stereocenters. The zero-order valence-electron chi connectivity index (χ0n) is 15.4. The Morgan fingerprint density at radius 2 is 2.04 bits per heavy atom. The number of fused-ring (bicyclic) bond motifs is 2. The van der Waals surface area contributed by atoms with Gasteiger partial charge in [0.25, 0.3) is 0 Å². The van der Waals surface area contributed by atoms with Gasteiger partial charge in [-0.3, -0.25) is 9.36 Å².